The maximum absolute atomic E-state index is 12.1. The van der Waals surface area contributed by atoms with Gasteiger partial charge in [-0.25, -0.2) is 8.42 Å². The first-order valence-electron chi connectivity index (χ1n) is 8.24. The van der Waals surface area contributed by atoms with E-state index in [1.807, 2.05) is 6.92 Å². The molecule has 0 saturated carbocycles. The smallest absolute Gasteiger partial charge is 0.232 e. The summed E-state index contributed by atoms with van der Waals surface area (Å²) < 4.78 is 25.4. The highest BCUT2D eigenvalue weighted by Crippen LogP contribution is 2.21. The average Bonchev–Trinajstić information content (AvgIpc) is 2.52. The van der Waals surface area contributed by atoms with Crippen LogP contribution in [0.25, 0.3) is 0 Å². The number of nitrogens with one attached hydrogen (secondary N) is 1. The van der Waals surface area contributed by atoms with Crippen LogP contribution in [0.4, 0.5) is 11.4 Å². The van der Waals surface area contributed by atoms with Crippen molar-refractivity contribution in [1.29, 1.82) is 0 Å². The van der Waals surface area contributed by atoms with Crippen molar-refractivity contribution >= 4 is 33.2 Å². The molecule has 1 N–H and O–H groups in total. The lowest BCUT2D eigenvalue weighted by atomic mass is 10.2. The largest absolute Gasteiger partial charge is 0.346 e. The Morgan fingerprint density at radius 2 is 1.72 bits per heavy atom. The summed E-state index contributed by atoms with van der Waals surface area (Å²) in [6.07, 6.45) is 3.14. The monoisotopic (exact) mass is 369 g/mol. The molecule has 0 heterocycles. The van der Waals surface area contributed by atoms with E-state index in [-0.39, 0.29) is 24.8 Å². The summed E-state index contributed by atoms with van der Waals surface area (Å²) in [5.74, 6) is -0.287. The molecule has 0 fully saturated rings. The Bertz CT molecular complexity index is 686. The molecule has 8 heteroatoms. The van der Waals surface area contributed by atoms with Crippen LogP contribution in [0.3, 0.4) is 0 Å². The van der Waals surface area contributed by atoms with Gasteiger partial charge in [0.2, 0.25) is 21.8 Å². The first kappa shape index (κ1) is 21.0. The lowest BCUT2D eigenvalue weighted by molar-refractivity contribution is -0.129. The molecule has 25 heavy (non-hydrogen) atoms. The van der Waals surface area contributed by atoms with Gasteiger partial charge in [0.05, 0.1) is 11.9 Å². The topological polar surface area (TPSA) is 86.8 Å². The van der Waals surface area contributed by atoms with E-state index in [9.17, 15) is 18.0 Å². The van der Waals surface area contributed by atoms with Crippen LogP contribution < -0.4 is 9.62 Å². The highest BCUT2D eigenvalue weighted by atomic mass is 32.2. The number of nitrogens with zero attached hydrogens (tertiary/aromatic N) is 2. The van der Waals surface area contributed by atoms with Gasteiger partial charge in [0.15, 0.2) is 0 Å². The van der Waals surface area contributed by atoms with Gasteiger partial charge in [-0.15, -0.1) is 0 Å². The van der Waals surface area contributed by atoms with Crippen LogP contribution in [0.5, 0.6) is 0 Å². The van der Waals surface area contributed by atoms with Crippen LogP contribution in [0.2, 0.25) is 0 Å². The normalized spacial score (nSPS) is 11.0. The minimum atomic E-state index is -3.52. The molecule has 1 aromatic rings. The van der Waals surface area contributed by atoms with Gasteiger partial charge >= 0.3 is 0 Å². The lowest BCUT2D eigenvalue weighted by Crippen LogP contribution is -2.35. The number of rotatable bonds is 9. The number of amides is 2. The van der Waals surface area contributed by atoms with Crippen molar-refractivity contribution in [2.75, 3.05) is 36.0 Å². The summed E-state index contributed by atoms with van der Waals surface area (Å²) in [5, 5.41) is 2.63. The fraction of sp³-hybridized carbons (Fsp3) is 0.529. The van der Waals surface area contributed by atoms with Crippen LogP contribution in [-0.2, 0) is 19.6 Å². The summed E-state index contributed by atoms with van der Waals surface area (Å²) in [5.41, 5.74) is 1.04. The molecule has 0 aromatic heterocycles. The van der Waals surface area contributed by atoms with E-state index >= 15 is 0 Å². The Labute approximate surface area is 150 Å². The van der Waals surface area contributed by atoms with Gasteiger partial charge in [0.1, 0.15) is 0 Å². The standard InChI is InChI=1S/C17H27N3O4S/c1-5-6-12-19(3)17(22)11-13-20(25(4,23)24)16-9-7-15(8-10-16)18-14(2)21/h7-10H,5-6,11-13H2,1-4H3,(H,18,21). The molecule has 7 nitrogen and oxygen atoms in total. The number of hydrogen-bond donors (Lipinski definition) is 1. The third kappa shape index (κ3) is 7.13. The Morgan fingerprint density at radius 3 is 2.20 bits per heavy atom. The second-order valence-corrected chi connectivity index (χ2v) is 7.89. The number of sulfonamides is 1. The molecular formula is C17H27N3O4S. The van der Waals surface area contributed by atoms with Crippen molar-refractivity contribution in [2.45, 2.75) is 33.1 Å². The van der Waals surface area contributed by atoms with Crippen LogP contribution >= 0.6 is 0 Å². The van der Waals surface area contributed by atoms with E-state index < -0.39 is 10.0 Å². The molecule has 0 atom stereocenters. The molecule has 0 spiro atoms. The van der Waals surface area contributed by atoms with Gasteiger partial charge in [-0.2, -0.15) is 0 Å². The maximum Gasteiger partial charge on any atom is 0.232 e. The molecule has 140 valence electrons. The zero-order valence-corrected chi connectivity index (χ0v) is 16.1. The molecule has 2 amide bonds. The highest BCUT2D eigenvalue weighted by molar-refractivity contribution is 7.92. The first-order chi connectivity index (χ1) is 11.6. The van der Waals surface area contributed by atoms with E-state index in [2.05, 4.69) is 5.32 Å². The third-order valence-electron chi connectivity index (χ3n) is 3.68. The van der Waals surface area contributed by atoms with Crippen molar-refractivity contribution in [1.82, 2.24) is 4.90 Å². The molecule has 0 aliphatic rings. The average molecular weight is 369 g/mol. The van der Waals surface area contributed by atoms with E-state index in [1.165, 1.54) is 11.2 Å². The van der Waals surface area contributed by atoms with E-state index in [1.54, 1.807) is 36.2 Å². The van der Waals surface area contributed by atoms with Crippen molar-refractivity contribution < 1.29 is 18.0 Å². The molecular weight excluding hydrogens is 342 g/mol. The summed E-state index contributed by atoms with van der Waals surface area (Å²) in [7, 11) is -1.79. The number of carbonyl (C=O) groups excluding carboxylic acids is 2. The van der Waals surface area contributed by atoms with Crippen LogP contribution in [0.15, 0.2) is 24.3 Å². The quantitative estimate of drug-likeness (QED) is 0.722. The van der Waals surface area contributed by atoms with Crippen LogP contribution in [0, 0.1) is 0 Å². The second kappa shape index (κ2) is 9.41. The van der Waals surface area contributed by atoms with Gasteiger partial charge in [0.25, 0.3) is 0 Å². The molecule has 0 saturated heterocycles. The van der Waals surface area contributed by atoms with Crippen molar-refractivity contribution in [3.8, 4) is 0 Å². The Kier molecular flexibility index (Phi) is 7.89. The van der Waals surface area contributed by atoms with Gasteiger partial charge in [-0.1, -0.05) is 13.3 Å². The zero-order chi connectivity index (χ0) is 19.0. The fourth-order valence-corrected chi connectivity index (χ4v) is 3.24. The molecule has 0 aliphatic heterocycles. The molecule has 1 aromatic carbocycles. The predicted molar refractivity (Wildman–Crippen MR) is 100 cm³/mol. The number of unbranched alkanes of at least 4 members (excludes halogenated alkanes) is 1. The van der Waals surface area contributed by atoms with E-state index in [0.717, 1.165) is 19.1 Å². The van der Waals surface area contributed by atoms with Crippen molar-refractivity contribution in [2.24, 2.45) is 0 Å². The van der Waals surface area contributed by atoms with Crippen LogP contribution in [-0.4, -0.2) is 51.5 Å². The SMILES string of the molecule is CCCCN(C)C(=O)CCN(c1ccc(NC(C)=O)cc1)S(C)(=O)=O. The summed E-state index contributed by atoms with van der Waals surface area (Å²) >= 11 is 0. The highest BCUT2D eigenvalue weighted by Gasteiger charge is 2.19. The number of benzene rings is 1. The summed E-state index contributed by atoms with van der Waals surface area (Å²) in [6.45, 7) is 4.19. The number of hydrogen-bond acceptors (Lipinski definition) is 4. The number of anilines is 2. The lowest BCUT2D eigenvalue weighted by Gasteiger charge is -2.24. The van der Waals surface area contributed by atoms with Gasteiger partial charge < -0.3 is 10.2 Å². The first-order valence-corrected chi connectivity index (χ1v) is 10.1. The molecule has 1 rings (SSSR count). The Hall–Kier alpha value is -2.09. The Morgan fingerprint density at radius 1 is 1.12 bits per heavy atom. The molecule has 0 unspecified atom stereocenters. The van der Waals surface area contributed by atoms with Crippen LogP contribution in [0.1, 0.15) is 33.1 Å². The minimum absolute atomic E-state index is 0.0770. The van der Waals surface area contributed by atoms with Gasteiger partial charge in [-0.3, -0.25) is 13.9 Å². The fourth-order valence-electron chi connectivity index (χ4n) is 2.31. The molecule has 0 bridgehead atoms. The van der Waals surface area contributed by atoms with Crippen molar-refractivity contribution in [3.63, 3.8) is 0 Å². The summed E-state index contributed by atoms with van der Waals surface area (Å²) in [4.78, 5) is 24.8. The van der Waals surface area contributed by atoms with Gasteiger partial charge in [-0.05, 0) is 30.7 Å². The minimum Gasteiger partial charge on any atom is -0.346 e. The van der Waals surface area contributed by atoms with Gasteiger partial charge in [0, 0.05) is 39.2 Å². The van der Waals surface area contributed by atoms with E-state index in [0.29, 0.717) is 17.9 Å². The third-order valence-corrected chi connectivity index (χ3v) is 4.87. The summed E-state index contributed by atoms with van der Waals surface area (Å²) in [6, 6.07) is 6.48. The van der Waals surface area contributed by atoms with E-state index in [4.69, 9.17) is 0 Å². The zero-order valence-electron chi connectivity index (χ0n) is 15.3. The second-order valence-electron chi connectivity index (χ2n) is 5.98. The number of carbonyl (C=O) groups is 2. The Balaban J connectivity index is 2.82. The molecule has 0 radical (unpaired) electrons. The maximum atomic E-state index is 12.1. The van der Waals surface area contributed by atoms with Crippen molar-refractivity contribution in [3.05, 3.63) is 24.3 Å². The predicted octanol–water partition coefficient (Wildman–Crippen LogP) is 2.06. The molecule has 0 aliphatic carbocycles.